The summed E-state index contributed by atoms with van der Waals surface area (Å²) >= 11 is 5.25. The minimum atomic E-state index is -0.128. The first-order valence-corrected chi connectivity index (χ1v) is 7.38. The first kappa shape index (κ1) is 14.4. The van der Waals surface area contributed by atoms with Crippen molar-refractivity contribution < 1.29 is 0 Å². The van der Waals surface area contributed by atoms with Crippen LogP contribution in [0.4, 0.5) is 0 Å². The summed E-state index contributed by atoms with van der Waals surface area (Å²) in [6, 6.07) is 13.8. The summed E-state index contributed by atoms with van der Waals surface area (Å²) in [5.41, 5.74) is 2.70. The standard InChI is InChI=1S/C17H15N3OS/c21-16-15(9-13-5-2-1-3-6-13)12-20(17(22)19-16)11-14-7-4-8-18-10-14/h1-8,10,12H,9,11H2,(H,19,21,22). The Balaban J connectivity index is 1.93. The van der Waals surface area contributed by atoms with Crippen molar-refractivity contribution in [3.8, 4) is 0 Å². The van der Waals surface area contributed by atoms with Gasteiger partial charge in [-0.15, -0.1) is 0 Å². The van der Waals surface area contributed by atoms with E-state index < -0.39 is 0 Å². The highest BCUT2D eigenvalue weighted by Gasteiger charge is 2.05. The molecule has 110 valence electrons. The van der Waals surface area contributed by atoms with Gasteiger partial charge in [0.15, 0.2) is 4.77 Å². The molecule has 1 N–H and O–H groups in total. The molecule has 0 unspecified atom stereocenters. The number of hydrogen-bond donors (Lipinski definition) is 1. The second kappa shape index (κ2) is 6.49. The van der Waals surface area contributed by atoms with E-state index >= 15 is 0 Å². The van der Waals surface area contributed by atoms with E-state index in [-0.39, 0.29) is 5.56 Å². The van der Waals surface area contributed by atoms with E-state index in [1.54, 1.807) is 12.4 Å². The van der Waals surface area contributed by atoms with Gasteiger partial charge in [0.25, 0.3) is 5.56 Å². The molecule has 0 saturated carbocycles. The second-order valence-corrected chi connectivity index (χ2v) is 5.45. The molecule has 0 aliphatic rings. The van der Waals surface area contributed by atoms with E-state index in [0.29, 0.717) is 23.3 Å². The smallest absolute Gasteiger partial charge is 0.255 e. The highest BCUT2D eigenvalue weighted by atomic mass is 32.1. The monoisotopic (exact) mass is 309 g/mol. The Morgan fingerprint density at radius 3 is 2.59 bits per heavy atom. The SMILES string of the molecule is O=c1[nH]c(=S)n(Cc2cccnc2)cc1Cc1ccccc1. The number of benzene rings is 1. The summed E-state index contributed by atoms with van der Waals surface area (Å²) < 4.78 is 2.29. The zero-order valence-electron chi connectivity index (χ0n) is 11.9. The van der Waals surface area contributed by atoms with Crippen LogP contribution in [0.3, 0.4) is 0 Å². The van der Waals surface area contributed by atoms with Gasteiger partial charge < -0.3 is 4.57 Å². The van der Waals surface area contributed by atoms with Crippen molar-refractivity contribution in [3.05, 3.63) is 92.9 Å². The third-order valence-electron chi connectivity index (χ3n) is 3.40. The van der Waals surface area contributed by atoms with Crippen LogP contribution in [-0.4, -0.2) is 14.5 Å². The minimum Gasteiger partial charge on any atom is -0.320 e. The molecule has 5 heteroatoms. The summed E-state index contributed by atoms with van der Waals surface area (Å²) in [6.45, 7) is 0.589. The summed E-state index contributed by atoms with van der Waals surface area (Å²) in [6.07, 6.45) is 5.94. The Bertz CT molecular complexity index is 799. The Kier molecular flexibility index (Phi) is 4.25. The number of hydrogen-bond acceptors (Lipinski definition) is 3. The lowest BCUT2D eigenvalue weighted by atomic mass is 10.1. The first-order chi connectivity index (χ1) is 10.7. The van der Waals surface area contributed by atoms with Gasteiger partial charge in [-0.05, 0) is 29.4 Å². The van der Waals surface area contributed by atoms with Crippen molar-refractivity contribution in [1.29, 1.82) is 0 Å². The van der Waals surface area contributed by atoms with Gasteiger partial charge in [0.1, 0.15) is 0 Å². The van der Waals surface area contributed by atoms with Crippen LogP contribution in [-0.2, 0) is 13.0 Å². The zero-order chi connectivity index (χ0) is 15.4. The van der Waals surface area contributed by atoms with E-state index in [4.69, 9.17) is 12.2 Å². The molecule has 22 heavy (non-hydrogen) atoms. The van der Waals surface area contributed by atoms with Crippen LogP contribution < -0.4 is 5.56 Å². The van der Waals surface area contributed by atoms with Crippen LogP contribution in [0.15, 0.2) is 65.8 Å². The van der Waals surface area contributed by atoms with Crippen molar-refractivity contribution in [2.24, 2.45) is 0 Å². The van der Waals surface area contributed by atoms with E-state index in [2.05, 4.69) is 9.97 Å². The van der Waals surface area contributed by atoms with Crippen molar-refractivity contribution in [2.75, 3.05) is 0 Å². The molecule has 2 aromatic heterocycles. The Labute approximate surface area is 133 Å². The van der Waals surface area contributed by atoms with Gasteiger partial charge >= 0.3 is 0 Å². The number of rotatable bonds is 4. The lowest BCUT2D eigenvalue weighted by molar-refractivity contribution is 0.731. The molecule has 3 aromatic rings. The fourth-order valence-corrected chi connectivity index (χ4v) is 2.51. The summed E-state index contributed by atoms with van der Waals surface area (Å²) in [5.74, 6) is 0. The molecular weight excluding hydrogens is 294 g/mol. The average molecular weight is 309 g/mol. The number of H-pyrrole nitrogens is 1. The molecule has 0 amide bonds. The van der Waals surface area contributed by atoms with Gasteiger partial charge in [-0.3, -0.25) is 14.8 Å². The normalized spacial score (nSPS) is 10.5. The predicted octanol–water partition coefficient (Wildman–Crippen LogP) is 2.94. The maximum atomic E-state index is 12.1. The zero-order valence-corrected chi connectivity index (χ0v) is 12.7. The molecule has 0 spiro atoms. The third kappa shape index (κ3) is 3.38. The van der Waals surface area contributed by atoms with Crippen LogP contribution in [0.25, 0.3) is 0 Å². The molecule has 4 nitrogen and oxygen atoms in total. The molecule has 1 aromatic carbocycles. The summed E-state index contributed by atoms with van der Waals surface area (Å²) in [5, 5.41) is 0. The van der Waals surface area contributed by atoms with Crippen molar-refractivity contribution in [1.82, 2.24) is 14.5 Å². The topological polar surface area (TPSA) is 50.7 Å². The van der Waals surface area contributed by atoms with Crippen molar-refractivity contribution in [2.45, 2.75) is 13.0 Å². The highest BCUT2D eigenvalue weighted by molar-refractivity contribution is 7.71. The number of nitrogens with one attached hydrogen (secondary N) is 1. The maximum absolute atomic E-state index is 12.1. The maximum Gasteiger partial charge on any atom is 0.255 e. The molecular formula is C17H15N3OS. The lowest BCUT2D eigenvalue weighted by Crippen LogP contribution is -2.18. The van der Waals surface area contributed by atoms with Gasteiger partial charge in [0.2, 0.25) is 0 Å². The minimum absolute atomic E-state index is 0.128. The van der Waals surface area contributed by atoms with E-state index in [9.17, 15) is 4.79 Å². The predicted molar refractivity (Wildman–Crippen MR) is 88.5 cm³/mol. The highest BCUT2D eigenvalue weighted by Crippen LogP contribution is 2.07. The fourth-order valence-electron chi connectivity index (χ4n) is 2.30. The fraction of sp³-hybridized carbons (Fsp3) is 0.118. The molecule has 0 aliphatic carbocycles. The first-order valence-electron chi connectivity index (χ1n) is 6.98. The number of nitrogens with zero attached hydrogens (tertiary/aromatic N) is 2. The van der Waals surface area contributed by atoms with Gasteiger partial charge in [0.05, 0.1) is 6.54 Å². The largest absolute Gasteiger partial charge is 0.320 e. The molecule has 2 heterocycles. The van der Waals surface area contributed by atoms with Gasteiger partial charge in [-0.25, -0.2) is 0 Å². The Hall–Kier alpha value is -2.53. The summed E-state index contributed by atoms with van der Waals surface area (Å²) in [7, 11) is 0. The van der Waals surface area contributed by atoms with Gasteiger partial charge in [0, 0.05) is 30.6 Å². The second-order valence-electron chi connectivity index (χ2n) is 5.07. The number of pyridine rings is 1. The van der Waals surface area contributed by atoms with Crippen LogP contribution in [0.2, 0.25) is 0 Å². The third-order valence-corrected chi connectivity index (χ3v) is 3.73. The van der Waals surface area contributed by atoms with Gasteiger partial charge in [-0.1, -0.05) is 36.4 Å². The number of aromatic nitrogens is 3. The van der Waals surface area contributed by atoms with Crippen LogP contribution >= 0.6 is 12.2 Å². The molecule has 0 radical (unpaired) electrons. The molecule has 3 rings (SSSR count). The molecule has 0 atom stereocenters. The van der Waals surface area contributed by atoms with E-state index in [0.717, 1.165) is 11.1 Å². The van der Waals surface area contributed by atoms with Crippen LogP contribution in [0.5, 0.6) is 0 Å². The van der Waals surface area contributed by atoms with Crippen LogP contribution in [0.1, 0.15) is 16.7 Å². The van der Waals surface area contributed by atoms with E-state index in [1.807, 2.05) is 53.2 Å². The van der Waals surface area contributed by atoms with Gasteiger partial charge in [-0.2, -0.15) is 0 Å². The quantitative estimate of drug-likeness (QED) is 0.754. The molecule has 0 aliphatic heterocycles. The van der Waals surface area contributed by atoms with E-state index in [1.165, 1.54) is 0 Å². The lowest BCUT2D eigenvalue weighted by Gasteiger charge is -2.09. The molecule has 0 saturated heterocycles. The molecule has 0 fully saturated rings. The Morgan fingerprint density at radius 1 is 1.09 bits per heavy atom. The number of aromatic amines is 1. The Morgan fingerprint density at radius 2 is 1.86 bits per heavy atom. The van der Waals surface area contributed by atoms with Crippen molar-refractivity contribution >= 4 is 12.2 Å². The average Bonchev–Trinajstić information content (AvgIpc) is 2.54. The summed E-state index contributed by atoms with van der Waals surface area (Å²) in [4.78, 5) is 18.9. The molecule has 0 bridgehead atoms. The van der Waals surface area contributed by atoms with Crippen molar-refractivity contribution in [3.63, 3.8) is 0 Å². The van der Waals surface area contributed by atoms with Crippen LogP contribution in [0, 0.1) is 4.77 Å².